The second-order valence-corrected chi connectivity index (χ2v) is 5.11. The van der Waals surface area contributed by atoms with E-state index < -0.39 is 0 Å². The van der Waals surface area contributed by atoms with Gasteiger partial charge in [-0.25, -0.2) is 4.98 Å². The number of hydrogen-bond donors (Lipinski definition) is 2. The van der Waals surface area contributed by atoms with Crippen LogP contribution in [0.4, 0.5) is 5.82 Å². The molecule has 0 unspecified atom stereocenters. The largest absolute Gasteiger partial charge is 0.368 e. The van der Waals surface area contributed by atoms with E-state index in [0.29, 0.717) is 30.9 Å². The number of nitrogens with zero attached hydrogens (tertiary/aromatic N) is 4. The van der Waals surface area contributed by atoms with Gasteiger partial charge in [0.1, 0.15) is 11.9 Å². The van der Waals surface area contributed by atoms with Gasteiger partial charge in [0, 0.05) is 38.3 Å². The van der Waals surface area contributed by atoms with Gasteiger partial charge >= 0.3 is 0 Å². The van der Waals surface area contributed by atoms with Crippen molar-refractivity contribution in [1.29, 1.82) is 10.5 Å². The fraction of sp³-hybridized carbons (Fsp3) is 0.467. The standard InChI is InChI=1S/C15H18N6O.2ClH/c16-9-12-3-4-14(20-10-12)18-5-6-19-15(22)8-13-2-1-7-21(13)11-17;;/h3-4,10,13H,1-2,5-8H2,(H,18,20)(H,19,22);2*1H/t13-;;/m0../s1. The molecule has 1 aliphatic rings. The third-order valence-electron chi connectivity index (χ3n) is 3.57. The maximum atomic E-state index is 11.8. The van der Waals surface area contributed by atoms with E-state index in [4.69, 9.17) is 10.5 Å². The molecule has 1 amide bonds. The third kappa shape index (κ3) is 6.49. The molecule has 1 aromatic heterocycles. The molecule has 0 aliphatic carbocycles. The van der Waals surface area contributed by atoms with Crippen LogP contribution in [0.15, 0.2) is 18.3 Å². The van der Waals surface area contributed by atoms with E-state index in [9.17, 15) is 4.79 Å². The minimum absolute atomic E-state index is 0. The van der Waals surface area contributed by atoms with Gasteiger partial charge in [-0.2, -0.15) is 10.5 Å². The molecule has 0 saturated carbocycles. The van der Waals surface area contributed by atoms with Crippen molar-refractivity contribution in [3.8, 4) is 12.3 Å². The van der Waals surface area contributed by atoms with Crippen LogP contribution in [0.5, 0.6) is 0 Å². The third-order valence-corrected chi connectivity index (χ3v) is 3.57. The van der Waals surface area contributed by atoms with Gasteiger partial charge in [0.2, 0.25) is 5.91 Å². The van der Waals surface area contributed by atoms with Gasteiger partial charge in [-0.1, -0.05) is 0 Å². The Kier molecular flexibility index (Phi) is 10.3. The molecule has 0 radical (unpaired) electrons. The average molecular weight is 371 g/mol. The summed E-state index contributed by atoms with van der Waals surface area (Å²) in [6.45, 7) is 1.79. The summed E-state index contributed by atoms with van der Waals surface area (Å²) in [6, 6.07) is 5.46. The molecule has 0 spiro atoms. The number of amides is 1. The second kappa shape index (κ2) is 11.3. The summed E-state index contributed by atoms with van der Waals surface area (Å²) in [4.78, 5) is 17.6. The summed E-state index contributed by atoms with van der Waals surface area (Å²) in [5.74, 6) is 0.626. The minimum atomic E-state index is -0.0401. The first-order valence-corrected chi connectivity index (χ1v) is 7.26. The average Bonchev–Trinajstić information content (AvgIpc) is 2.99. The molecule has 0 aromatic carbocycles. The SMILES string of the molecule is Cl.Cl.N#Cc1ccc(NCCNC(=O)C[C@@H]2CCCN2C#N)nc1. The van der Waals surface area contributed by atoms with E-state index in [1.165, 1.54) is 6.20 Å². The number of likely N-dealkylation sites (tertiary alicyclic amines) is 1. The Morgan fingerprint density at radius 1 is 1.33 bits per heavy atom. The highest BCUT2D eigenvalue weighted by atomic mass is 35.5. The minimum Gasteiger partial charge on any atom is -0.368 e. The van der Waals surface area contributed by atoms with Gasteiger partial charge in [0.15, 0.2) is 6.19 Å². The van der Waals surface area contributed by atoms with E-state index in [2.05, 4.69) is 21.8 Å². The molecule has 24 heavy (non-hydrogen) atoms. The zero-order valence-corrected chi connectivity index (χ0v) is 14.7. The molecule has 1 fully saturated rings. The number of carbonyl (C=O) groups excluding carboxylic acids is 1. The monoisotopic (exact) mass is 370 g/mol. The van der Waals surface area contributed by atoms with Crippen LogP contribution in [-0.2, 0) is 4.79 Å². The normalized spacial score (nSPS) is 15.2. The van der Waals surface area contributed by atoms with Crippen LogP contribution in [0.1, 0.15) is 24.8 Å². The van der Waals surface area contributed by atoms with Gasteiger partial charge in [-0.05, 0) is 25.0 Å². The molecular formula is C15H20Cl2N6O. The number of halogens is 2. The van der Waals surface area contributed by atoms with E-state index in [1.807, 2.05) is 6.07 Å². The first kappa shape index (κ1) is 21.8. The van der Waals surface area contributed by atoms with Gasteiger partial charge < -0.3 is 15.5 Å². The van der Waals surface area contributed by atoms with Crippen molar-refractivity contribution in [2.45, 2.75) is 25.3 Å². The van der Waals surface area contributed by atoms with E-state index in [0.717, 1.165) is 19.4 Å². The molecule has 1 aromatic rings. The molecule has 2 heterocycles. The summed E-state index contributed by atoms with van der Waals surface area (Å²) < 4.78 is 0. The lowest BCUT2D eigenvalue weighted by molar-refractivity contribution is -0.121. The van der Waals surface area contributed by atoms with E-state index >= 15 is 0 Å². The van der Waals surface area contributed by atoms with Crippen molar-refractivity contribution in [2.75, 3.05) is 25.0 Å². The Hall–Kier alpha value is -2.22. The van der Waals surface area contributed by atoms with Crippen molar-refractivity contribution in [3.05, 3.63) is 23.9 Å². The summed E-state index contributed by atoms with van der Waals surface area (Å²) in [5.41, 5.74) is 0.512. The zero-order chi connectivity index (χ0) is 15.8. The fourth-order valence-electron chi connectivity index (χ4n) is 2.42. The molecule has 0 bridgehead atoms. The summed E-state index contributed by atoms with van der Waals surface area (Å²) in [7, 11) is 0. The predicted octanol–water partition coefficient (Wildman–Crippen LogP) is 1.66. The number of anilines is 1. The van der Waals surface area contributed by atoms with Gasteiger partial charge in [-0.15, -0.1) is 24.8 Å². The van der Waals surface area contributed by atoms with Crippen LogP contribution in [-0.4, -0.2) is 41.5 Å². The number of rotatable bonds is 6. The first-order chi connectivity index (χ1) is 10.7. The van der Waals surface area contributed by atoms with Crippen LogP contribution >= 0.6 is 24.8 Å². The highest BCUT2D eigenvalue weighted by Gasteiger charge is 2.25. The lowest BCUT2D eigenvalue weighted by atomic mass is 10.1. The number of carbonyl (C=O) groups is 1. The summed E-state index contributed by atoms with van der Waals surface area (Å²) in [6.07, 6.45) is 5.86. The number of nitrogens with one attached hydrogen (secondary N) is 2. The van der Waals surface area contributed by atoms with Crippen molar-refractivity contribution in [3.63, 3.8) is 0 Å². The van der Waals surface area contributed by atoms with Crippen LogP contribution in [0.2, 0.25) is 0 Å². The topological polar surface area (TPSA) is 105 Å². The lowest BCUT2D eigenvalue weighted by Gasteiger charge is -2.17. The Bertz CT molecular complexity index is 595. The van der Waals surface area contributed by atoms with Crippen molar-refractivity contribution >= 4 is 36.5 Å². The first-order valence-electron chi connectivity index (χ1n) is 7.26. The quantitative estimate of drug-likeness (QED) is 0.582. The van der Waals surface area contributed by atoms with Crippen molar-refractivity contribution in [2.24, 2.45) is 0 Å². The maximum absolute atomic E-state index is 11.8. The van der Waals surface area contributed by atoms with Crippen LogP contribution in [0, 0.1) is 22.8 Å². The molecular weight excluding hydrogens is 351 g/mol. The number of nitriles is 2. The number of aromatic nitrogens is 1. The molecule has 9 heteroatoms. The number of pyridine rings is 1. The van der Waals surface area contributed by atoms with Crippen LogP contribution in [0.25, 0.3) is 0 Å². The summed E-state index contributed by atoms with van der Waals surface area (Å²) in [5, 5.41) is 23.5. The summed E-state index contributed by atoms with van der Waals surface area (Å²) >= 11 is 0. The second-order valence-electron chi connectivity index (χ2n) is 5.11. The molecule has 1 saturated heterocycles. The van der Waals surface area contributed by atoms with Gasteiger partial charge in [0.05, 0.1) is 5.56 Å². The highest BCUT2D eigenvalue weighted by Crippen LogP contribution is 2.18. The Morgan fingerprint density at radius 2 is 2.12 bits per heavy atom. The lowest BCUT2D eigenvalue weighted by Crippen LogP contribution is -2.35. The van der Waals surface area contributed by atoms with Crippen LogP contribution in [0.3, 0.4) is 0 Å². The van der Waals surface area contributed by atoms with Gasteiger partial charge in [0.25, 0.3) is 0 Å². The Balaban J connectivity index is 0.00000264. The van der Waals surface area contributed by atoms with E-state index in [1.54, 1.807) is 17.0 Å². The predicted molar refractivity (Wildman–Crippen MR) is 94.9 cm³/mol. The fourth-order valence-corrected chi connectivity index (χ4v) is 2.42. The number of hydrogen-bond acceptors (Lipinski definition) is 6. The molecule has 2 N–H and O–H groups in total. The zero-order valence-electron chi connectivity index (χ0n) is 13.1. The van der Waals surface area contributed by atoms with Crippen molar-refractivity contribution in [1.82, 2.24) is 15.2 Å². The molecule has 7 nitrogen and oxygen atoms in total. The molecule has 130 valence electrons. The van der Waals surface area contributed by atoms with Crippen molar-refractivity contribution < 1.29 is 4.79 Å². The Labute approximate surface area is 153 Å². The molecule has 1 atom stereocenters. The van der Waals surface area contributed by atoms with Crippen LogP contribution < -0.4 is 10.6 Å². The smallest absolute Gasteiger partial charge is 0.222 e. The maximum Gasteiger partial charge on any atom is 0.222 e. The van der Waals surface area contributed by atoms with Gasteiger partial charge in [-0.3, -0.25) is 4.79 Å². The molecule has 2 rings (SSSR count). The van der Waals surface area contributed by atoms with E-state index in [-0.39, 0.29) is 36.8 Å². The highest BCUT2D eigenvalue weighted by molar-refractivity contribution is 5.85. The molecule has 1 aliphatic heterocycles. The Morgan fingerprint density at radius 3 is 2.75 bits per heavy atom.